The van der Waals surface area contributed by atoms with Crippen LogP contribution in [0.3, 0.4) is 0 Å². The van der Waals surface area contributed by atoms with E-state index in [4.69, 9.17) is 5.73 Å². The molecule has 0 spiro atoms. The zero-order valence-electron chi connectivity index (χ0n) is 11.8. The van der Waals surface area contributed by atoms with Gasteiger partial charge in [0.05, 0.1) is 0 Å². The Hall–Kier alpha value is -2.37. The van der Waals surface area contributed by atoms with E-state index in [2.05, 4.69) is 10.3 Å². The van der Waals surface area contributed by atoms with Gasteiger partial charge in [-0.1, -0.05) is 13.8 Å². The Morgan fingerprint density at radius 1 is 1.40 bits per heavy atom. The van der Waals surface area contributed by atoms with E-state index in [1.54, 1.807) is 10.6 Å². The van der Waals surface area contributed by atoms with Crippen molar-refractivity contribution in [1.29, 1.82) is 0 Å². The molecule has 20 heavy (non-hydrogen) atoms. The third-order valence-corrected chi connectivity index (χ3v) is 3.11. The van der Waals surface area contributed by atoms with Gasteiger partial charge in [0, 0.05) is 12.4 Å². The van der Waals surface area contributed by atoms with Crippen LogP contribution in [0.5, 0.6) is 0 Å². The standard InChI is InChI=1S/C14H18N4O2/c1-8(2)12(13(15)19)17-14(20)10-7-18-5-4-9(3)6-11(18)16-10/h4-8,12H,1-3H3,(H2,15,19)(H,17,20)/t12-/m0/s1. The third kappa shape index (κ3) is 2.79. The molecule has 0 aliphatic carbocycles. The first-order valence-electron chi connectivity index (χ1n) is 6.44. The predicted molar refractivity (Wildman–Crippen MR) is 75.2 cm³/mol. The number of amides is 2. The van der Waals surface area contributed by atoms with E-state index in [9.17, 15) is 9.59 Å². The molecule has 0 radical (unpaired) electrons. The summed E-state index contributed by atoms with van der Waals surface area (Å²) in [5.74, 6) is -1.02. The summed E-state index contributed by atoms with van der Waals surface area (Å²) >= 11 is 0. The van der Waals surface area contributed by atoms with E-state index in [1.807, 2.05) is 39.1 Å². The van der Waals surface area contributed by atoms with Crippen LogP contribution in [0.15, 0.2) is 24.5 Å². The number of carbonyl (C=O) groups excluding carboxylic acids is 2. The number of rotatable bonds is 4. The second-order valence-corrected chi connectivity index (χ2v) is 5.19. The van der Waals surface area contributed by atoms with E-state index in [0.717, 1.165) is 5.56 Å². The molecule has 1 atom stereocenters. The van der Waals surface area contributed by atoms with Gasteiger partial charge in [-0.25, -0.2) is 4.98 Å². The van der Waals surface area contributed by atoms with Crippen molar-refractivity contribution >= 4 is 17.5 Å². The molecule has 0 bridgehead atoms. The van der Waals surface area contributed by atoms with Gasteiger partial charge in [0.1, 0.15) is 17.4 Å². The van der Waals surface area contributed by atoms with Crippen molar-refractivity contribution in [2.75, 3.05) is 0 Å². The SMILES string of the molecule is Cc1ccn2cc(C(=O)N[C@H](C(N)=O)C(C)C)nc2c1. The molecule has 2 amide bonds. The average molecular weight is 274 g/mol. The van der Waals surface area contributed by atoms with Gasteiger partial charge in [0.2, 0.25) is 5.91 Å². The lowest BCUT2D eigenvalue weighted by molar-refractivity contribution is -0.120. The summed E-state index contributed by atoms with van der Waals surface area (Å²) in [5.41, 5.74) is 7.30. The van der Waals surface area contributed by atoms with Crippen LogP contribution in [-0.4, -0.2) is 27.2 Å². The van der Waals surface area contributed by atoms with Gasteiger partial charge in [0.25, 0.3) is 5.91 Å². The molecule has 0 fully saturated rings. The average Bonchev–Trinajstić information content (AvgIpc) is 2.77. The zero-order chi connectivity index (χ0) is 14.9. The normalized spacial score (nSPS) is 12.6. The molecular formula is C14H18N4O2. The van der Waals surface area contributed by atoms with Gasteiger partial charge in [-0.15, -0.1) is 0 Å². The van der Waals surface area contributed by atoms with Gasteiger partial charge in [-0.2, -0.15) is 0 Å². The molecule has 106 valence electrons. The third-order valence-electron chi connectivity index (χ3n) is 3.11. The maximum atomic E-state index is 12.1. The van der Waals surface area contributed by atoms with Crippen LogP contribution in [0.25, 0.3) is 5.65 Å². The zero-order valence-corrected chi connectivity index (χ0v) is 11.8. The number of primary amides is 1. The summed E-state index contributed by atoms with van der Waals surface area (Å²) in [6.07, 6.45) is 3.46. The molecule has 6 heteroatoms. The fraction of sp³-hybridized carbons (Fsp3) is 0.357. The number of hydrogen-bond acceptors (Lipinski definition) is 3. The topological polar surface area (TPSA) is 89.5 Å². The molecule has 0 aliphatic heterocycles. The van der Waals surface area contributed by atoms with E-state index in [1.165, 1.54) is 0 Å². The number of nitrogens with two attached hydrogens (primary N) is 1. The van der Waals surface area contributed by atoms with Crippen LogP contribution < -0.4 is 11.1 Å². The predicted octanol–water partition coefficient (Wildman–Crippen LogP) is 0.882. The minimum atomic E-state index is -0.700. The molecule has 2 aromatic rings. The van der Waals surface area contributed by atoms with E-state index < -0.39 is 17.9 Å². The van der Waals surface area contributed by atoms with E-state index in [0.29, 0.717) is 5.65 Å². The maximum Gasteiger partial charge on any atom is 0.272 e. The van der Waals surface area contributed by atoms with Gasteiger partial charge in [-0.05, 0) is 30.5 Å². The van der Waals surface area contributed by atoms with Crippen LogP contribution in [-0.2, 0) is 4.79 Å². The second-order valence-electron chi connectivity index (χ2n) is 5.19. The van der Waals surface area contributed by atoms with Crippen molar-refractivity contribution in [1.82, 2.24) is 14.7 Å². The Bertz CT molecular complexity index is 660. The number of fused-ring (bicyclic) bond motifs is 1. The number of nitrogens with one attached hydrogen (secondary N) is 1. The van der Waals surface area contributed by atoms with Crippen molar-refractivity contribution in [3.63, 3.8) is 0 Å². The Morgan fingerprint density at radius 3 is 2.70 bits per heavy atom. The summed E-state index contributed by atoms with van der Waals surface area (Å²) in [6, 6.07) is 3.11. The highest BCUT2D eigenvalue weighted by molar-refractivity contribution is 5.96. The first-order chi connectivity index (χ1) is 9.38. The number of aryl methyl sites for hydroxylation is 1. The van der Waals surface area contributed by atoms with Crippen LogP contribution in [0.2, 0.25) is 0 Å². The number of nitrogens with zero attached hydrogens (tertiary/aromatic N) is 2. The van der Waals surface area contributed by atoms with Crippen LogP contribution in [0.1, 0.15) is 29.9 Å². The lowest BCUT2D eigenvalue weighted by Gasteiger charge is -2.17. The van der Waals surface area contributed by atoms with Crippen molar-refractivity contribution < 1.29 is 9.59 Å². The Labute approximate surface area is 117 Å². The Kier molecular flexibility index (Phi) is 3.74. The van der Waals surface area contributed by atoms with Crippen LogP contribution in [0.4, 0.5) is 0 Å². The number of pyridine rings is 1. The van der Waals surface area contributed by atoms with Gasteiger partial charge in [0.15, 0.2) is 0 Å². The lowest BCUT2D eigenvalue weighted by Crippen LogP contribution is -2.47. The van der Waals surface area contributed by atoms with Crippen LogP contribution in [0, 0.1) is 12.8 Å². The largest absolute Gasteiger partial charge is 0.368 e. The fourth-order valence-corrected chi connectivity index (χ4v) is 1.97. The lowest BCUT2D eigenvalue weighted by atomic mass is 10.0. The summed E-state index contributed by atoms with van der Waals surface area (Å²) < 4.78 is 1.76. The number of imidazole rings is 1. The summed E-state index contributed by atoms with van der Waals surface area (Å²) in [4.78, 5) is 27.7. The molecule has 0 aliphatic rings. The number of carbonyl (C=O) groups is 2. The Balaban J connectivity index is 2.25. The smallest absolute Gasteiger partial charge is 0.272 e. The second kappa shape index (κ2) is 5.32. The molecule has 6 nitrogen and oxygen atoms in total. The molecule has 0 saturated heterocycles. The monoisotopic (exact) mass is 274 g/mol. The molecule has 2 rings (SSSR count). The summed E-state index contributed by atoms with van der Waals surface area (Å²) in [6.45, 7) is 5.60. The molecular weight excluding hydrogens is 256 g/mol. The molecule has 2 aromatic heterocycles. The fourth-order valence-electron chi connectivity index (χ4n) is 1.97. The first-order valence-corrected chi connectivity index (χ1v) is 6.44. The minimum absolute atomic E-state index is 0.0734. The quantitative estimate of drug-likeness (QED) is 0.867. The summed E-state index contributed by atoms with van der Waals surface area (Å²) in [5, 5.41) is 2.62. The highest BCUT2D eigenvalue weighted by Crippen LogP contribution is 2.09. The molecule has 0 unspecified atom stereocenters. The highest BCUT2D eigenvalue weighted by Gasteiger charge is 2.23. The van der Waals surface area contributed by atoms with Crippen molar-refractivity contribution in [3.05, 3.63) is 35.8 Å². The number of hydrogen-bond donors (Lipinski definition) is 2. The van der Waals surface area contributed by atoms with Gasteiger partial charge >= 0.3 is 0 Å². The molecule has 2 heterocycles. The highest BCUT2D eigenvalue weighted by atomic mass is 16.2. The van der Waals surface area contributed by atoms with Gasteiger partial charge < -0.3 is 15.5 Å². The molecule has 3 N–H and O–H groups in total. The first kappa shape index (κ1) is 14.0. The van der Waals surface area contributed by atoms with Gasteiger partial charge in [-0.3, -0.25) is 9.59 Å². The van der Waals surface area contributed by atoms with E-state index in [-0.39, 0.29) is 11.6 Å². The molecule has 0 saturated carbocycles. The summed E-state index contributed by atoms with van der Waals surface area (Å²) in [7, 11) is 0. The van der Waals surface area contributed by atoms with Crippen LogP contribution >= 0.6 is 0 Å². The van der Waals surface area contributed by atoms with E-state index >= 15 is 0 Å². The van der Waals surface area contributed by atoms with Crippen molar-refractivity contribution in [2.45, 2.75) is 26.8 Å². The van der Waals surface area contributed by atoms with Crippen molar-refractivity contribution in [2.24, 2.45) is 11.7 Å². The molecule has 0 aromatic carbocycles. The Morgan fingerprint density at radius 2 is 2.10 bits per heavy atom. The maximum absolute atomic E-state index is 12.1. The minimum Gasteiger partial charge on any atom is -0.368 e. The number of aromatic nitrogens is 2. The van der Waals surface area contributed by atoms with Crippen molar-refractivity contribution in [3.8, 4) is 0 Å².